The second kappa shape index (κ2) is 5.54. The second-order valence-corrected chi connectivity index (χ2v) is 4.95. The van der Waals surface area contributed by atoms with E-state index in [1.165, 1.54) is 0 Å². The minimum absolute atomic E-state index is 0.635. The van der Waals surface area contributed by atoms with Gasteiger partial charge in [0.25, 0.3) is 0 Å². The smallest absolute Gasteiger partial charge is 0.139 e. The normalized spacial score (nSPS) is 10.6. The maximum atomic E-state index is 6.32. The van der Waals surface area contributed by atoms with Crippen LogP contribution in [0.1, 0.15) is 5.56 Å². The molecule has 0 saturated heterocycles. The lowest BCUT2D eigenvalue weighted by Crippen LogP contribution is -1.98. The van der Waals surface area contributed by atoms with E-state index in [2.05, 4.69) is 15.2 Å². The maximum Gasteiger partial charge on any atom is 0.139 e. The van der Waals surface area contributed by atoms with Gasteiger partial charge in [0.05, 0.1) is 12.1 Å². The molecule has 3 rings (SSSR count). The minimum atomic E-state index is 0.635. The van der Waals surface area contributed by atoms with Gasteiger partial charge in [-0.2, -0.15) is 0 Å². The number of aryl methyl sites for hydroxylation is 1. The van der Waals surface area contributed by atoms with Crippen molar-refractivity contribution in [3.63, 3.8) is 0 Å². The van der Waals surface area contributed by atoms with Crippen LogP contribution in [-0.2, 0) is 0 Å². The van der Waals surface area contributed by atoms with Crippen molar-refractivity contribution in [3.8, 4) is 22.7 Å². The summed E-state index contributed by atoms with van der Waals surface area (Å²) in [5.74, 6) is 1.48. The molecule has 0 radical (unpaired) electrons. The summed E-state index contributed by atoms with van der Waals surface area (Å²) in [6, 6.07) is 7.54. The Bertz CT molecular complexity index is 771. The molecule has 0 aliphatic carbocycles. The van der Waals surface area contributed by atoms with Gasteiger partial charge in [0.1, 0.15) is 24.2 Å². The summed E-state index contributed by atoms with van der Waals surface area (Å²) in [6.45, 7) is 2.01. The van der Waals surface area contributed by atoms with Gasteiger partial charge in [-0.15, -0.1) is 10.2 Å². The first-order valence-corrected chi connectivity index (χ1v) is 6.73. The summed E-state index contributed by atoms with van der Waals surface area (Å²) in [7, 11) is 1.63. The molecule has 0 aliphatic rings. The molecular formula is C15H13ClN4O. The Morgan fingerprint density at radius 2 is 1.95 bits per heavy atom. The molecular weight excluding hydrogens is 288 g/mol. The molecule has 3 aromatic rings. The zero-order valence-electron chi connectivity index (χ0n) is 11.6. The van der Waals surface area contributed by atoms with Crippen molar-refractivity contribution >= 4 is 11.6 Å². The first kappa shape index (κ1) is 13.6. The van der Waals surface area contributed by atoms with E-state index in [1.807, 2.05) is 31.2 Å². The number of pyridine rings is 1. The van der Waals surface area contributed by atoms with E-state index in [9.17, 15) is 0 Å². The van der Waals surface area contributed by atoms with Crippen LogP contribution in [0.25, 0.3) is 16.9 Å². The fourth-order valence-electron chi connectivity index (χ4n) is 2.20. The number of rotatable bonds is 3. The molecule has 0 atom stereocenters. The molecule has 0 unspecified atom stereocenters. The van der Waals surface area contributed by atoms with Gasteiger partial charge in [0.2, 0.25) is 0 Å². The van der Waals surface area contributed by atoms with Gasteiger partial charge >= 0.3 is 0 Å². The Hall–Kier alpha value is -2.40. The molecule has 106 valence electrons. The zero-order valence-corrected chi connectivity index (χ0v) is 12.4. The SMILES string of the molecule is COc1cccc(Cl)c1-c1cnc(-n2cnnc2)cc1C. The van der Waals surface area contributed by atoms with Crippen molar-refractivity contribution in [2.75, 3.05) is 7.11 Å². The summed E-state index contributed by atoms with van der Waals surface area (Å²) in [6.07, 6.45) is 5.00. The highest BCUT2D eigenvalue weighted by Crippen LogP contribution is 2.37. The largest absolute Gasteiger partial charge is 0.496 e. The van der Waals surface area contributed by atoms with Gasteiger partial charge in [-0.05, 0) is 30.7 Å². The van der Waals surface area contributed by atoms with Gasteiger partial charge in [0, 0.05) is 17.3 Å². The summed E-state index contributed by atoms with van der Waals surface area (Å²) in [5, 5.41) is 8.20. The number of halogens is 1. The van der Waals surface area contributed by atoms with Crippen molar-refractivity contribution in [3.05, 3.63) is 53.7 Å². The zero-order chi connectivity index (χ0) is 14.8. The maximum absolute atomic E-state index is 6.32. The van der Waals surface area contributed by atoms with Crippen molar-refractivity contribution in [2.24, 2.45) is 0 Å². The van der Waals surface area contributed by atoms with Crippen LogP contribution in [0.3, 0.4) is 0 Å². The predicted octanol–water partition coefficient (Wildman–Crippen LogP) is 3.30. The fraction of sp³-hybridized carbons (Fsp3) is 0.133. The fourth-order valence-corrected chi connectivity index (χ4v) is 2.47. The van der Waals surface area contributed by atoms with Crippen molar-refractivity contribution < 1.29 is 4.74 Å². The third kappa shape index (κ3) is 2.48. The quantitative estimate of drug-likeness (QED) is 0.745. The molecule has 2 heterocycles. The van der Waals surface area contributed by atoms with Crippen LogP contribution in [0.5, 0.6) is 5.75 Å². The average molecular weight is 301 g/mol. The van der Waals surface area contributed by atoms with Crippen LogP contribution in [0.15, 0.2) is 43.1 Å². The summed E-state index contributed by atoms with van der Waals surface area (Å²) in [4.78, 5) is 4.44. The molecule has 6 heteroatoms. The van der Waals surface area contributed by atoms with Gasteiger partial charge in [-0.3, -0.25) is 4.57 Å². The Labute approximate surface area is 127 Å². The van der Waals surface area contributed by atoms with Gasteiger partial charge < -0.3 is 4.74 Å². The standard InChI is InChI=1S/C15H13ClN4O/c1-10-6-14(20-8-18-19-9-20)17-7-11(10)15-12(16)4-3-5-13(15)21-2/h3-9H,1-2H3. The summed E-state index contributed by atoms with van der Waals surface area (Å²) >= 11 is 6.32. The van der Waals surface area contributed by atoms with Crippen LogP contribution in [0, 0.1) is 6.92 Å². The molecule has 1 aromatic carbocycles. The monoisotopic (exact) mass is 300 g/mol. The Balaban J connectivity index is 2.13. The average Bonchev–Trinajstić information content (AvgIpc) is 3.01. The van der Waals surface area contributed by atoms with E-state index < -0.39 is 0 Å². The molecule has 0 spiro atoms. The van der Waals surface area contributed by atoms with E-state index >= 15 is 0 Å². The second-order valence-electron chi connectivity index (χ2n) is 4.54. The van der Waals surface area contributed by atoms with Crippen molar-refractivity contribution in [2.45, 2.75) is 6.92 Å². The van der Waals surface area contributed by atoms with Crippen LogP contribution in [0.2, 0.25) is 5.02 Å². The van der Waals surface area contributed by atoms with Gasteiger partial charge in [-0.1, -0.05) is 17.7 Å². The number of nitrogens with zero attached hydrogens (tertiary/aromatic N) is 4. The summed E-state index contributed by atoms with van der Waals surface area (Å²) in [5.41, 5.74) is 2.83. The molecule has 5 nitrogen and oxygen atoms in total. The molecule has 21 heavy (non-hydrogen) atoms. The molecule has 0 aliphatic heterocycles. The lowest BCUT2D eigenvalue weighted by molar-refractivity contribution is 0.416. The number of ether oxygens (including phenoxy) is 1. The molecule has 0 saturated carbocycles. The molecule has 0 amide bonds. The van der Waals surface area contributed by atoms with Crippen LogP contribution in [0.4, 0.5) is 0 Å². The van der Waals surface area contributed by atoms with E-state index in [-0.39, 0.29) is 0 Å². The number of hydrogen-bond donors (Lipinski definition) is 0. The third-order valence-corrected chi connectivity index (χ3v) is 3.56. The summed E-state index contributed by atoms with van der Waals surface area (Å²) < 4.78 is 7.15. The van der Waals surface area contributed by atoms with E-state index in [0.29, 0.717) is 5.02 Å². The van der Waals surface area contributed by atoms with Gasteiger partial charge in [-0.25, -0.2) is 4.98 Å². The molecule has 0 bridgehead atoms. The van der Waals surface area contributed by atoms with Crippen molar-refractivity contribution in [1.82, 2.24) is 19.7 Å². The number of methoxy groups -OCH3 is 1. The first-order chi connectivity index (χ1) is 10.2. The van der Waals surface area contributed by atoms with Crippen LogP contribution in [-0.4, -0.2) is 26.9 Å². The Morgan fingerprint density at radius 3 is 2.62 bits per heavy atom. The number of aromatic nitrogens is 4. The molecule has 0 N–H and O–H groups in total. The lowest BCUT2D eigenvalue weighted by atomic mass is 10.0. The van der Waals surface area contributed by atoms with Crippen LogP contribution < -0.4 is 4.74 Å². The highest BCUT2D eigenvalue weighted by molar-refractivity contribution is 6.33. The predicted molar refractivity (Wildman–Crippen MR) is 80.9 cm³/mol. The highest BCUT2D eigenvalue weighted by atomic mass is 35.5. The Kier molecular flexibility index (Phi) is 3.58. The number of hydrogen-bond acceptors (Lipinski definition) is 4. The van der Waals surface area contributed by atoms with E-state index in [4.69, 9.17) is 16.3 Å². The van der Waals surface area contributed by atoms with Gasteiger partial charge in [0.15, 0.2) is 0 Å². The topological polar surface area (TPSA) is 52.8 Å². The van der Waals surface area contributed by atoms with Crippen LogP contribution >= 0.6 is 11.6 Å². The van der Waals surface area contributed by atoms with E-state index in [0.717, 1.165) is 28.3 Å². The number of benzene rings is 1. The highest BCUT2D eigenvalue weighted by Gasteiger charge is 2.13. The minimum Gasteiger partial charge on any atom is -0.496 e. The lowest BCUT2D eigenvalue weighted by Gasteiger charge is -2.13. The molecule has 2 aromatic heterocycles. The van der Waals surface area contributed by atoms with Crippen molar-refractivity contribution in [1.29, 1.82) is 0 Å². The molecule has 0 fully saturated rings. The van der Waals surface area contributed by atoms with E-state index in [1.54, 1.807) is 30.5 Å². The third-order valence-electron chi connectivity index (χ3n) is 3.24. The first-order valence-electron chi connectivity index (χ1n) is 6.35. The Morgan fingerprint density at radius 1 is 1.19 bits per heavy atom.